The summed E-state index contributed by atoms with van der Waals surface area (Å²) < 4.78 is 16.5. The summed E-state index contributed by atoms with van der Waals surface area (Å²) in [6.07, 6.45) is 3.44. The standard InChI is InChI=1S/C19H26FN5S/c1-14-22-7-8-25(14)17-6-5-15(11-16(17)20)12-23-18(21-4)24-9-10-26-19(2,3)13-24/h5-8,11H,9-10,12-13H2,1-4H3,(H,21,23). The molecule has 0 saturated carbocycles. The second-order valence-electron chi connectivity index (χ2n) is 7.06. The molecule has 0 atom stereocenters. The van der Waals surface area contributed by atoms with Crippen molar-refractivity contribution in [3.8, 4) is 5.69 Å². The van der Waals surface area contributed by atoms with Gasteiger partial charge < -0.3 is 14.8 Å². The molecule has 2 aromatic rings. The topological polar surface area (TPSA) is 45.5 Å². The Bertz CT molecular complexity index is 799. The normalized spacial score (nSPS) is 17.4. The molecule has 5 nitrogen and oxygen atoms in total. The minimum absolute atomic E-state index is 0.215. The van der Waals surface area contributed by atoms with Gasteiger partial charge in [-0.05, 0) is 38.5 Å². The molecule has 7 heteroatoms. The fourth-order valence-electron chi connectivity index (χ4n) is 3.20. The molecule has 1 aliphatic rings. The average molecular weight is 376 g/mol. The van der Waals surface area contributed by atoms with Gasteiger partial charge in [0.25, 0.3) is 0 Å². The van der Waals surface area contributed by atoms with E-state index < -0.39 is 0 Å². The van der Waals surface area contributed by atoms with Crippen LogP contribution in [0.4, 0.5) is 4.39 Å². The Labute approximate surface area is 158 Å². The van der Waals surface area contributed by atoms with E-state index in [0.717, 1.165) is 36.2 Å². The van der Waals surface area contributed by atoms with E-state index in [-0.39, 0.29) is 10.6 Å². The van der Waals surface area contributed by atoms with Gasteiger partial charge in [-0.15, -0.1) is 0 Å². The highest BCUT2D eigenvalue weighted by molar-refractivity contribution is 8.00. The zero-order chi connectivity index (χ0) is 18.7. The molecular weight excluding hydrogens is 349 g/mol. The molecule has 1 aromatic carbocycles. The number of halogens is 1. The summed E-state index contributed by atoms with van der Waals surface area (Å²) >= 11 is 1.99. The van der Waals surface area contributed by atoms with Gasteiger partial charge in [0.1, 0.15) is 11.6 Å². The van der Waals surface area contributed by atoms with Crippen molar-refractivity contribution in [3.63, 3.8) is 0 Å². The van der Waals surface area contributed by atoms with Crippen LogP contribution in [0.15, 0.2) is 35.6 Å². The largest absolute Gasteiger partial charge is 0.352 e. The SMILES string of the molecule is CN=C(NCc1ccc(-n2ccnc2C)c(F)c1)N1CCSC(C)(C)C1. The Morgan fingerprint density at radius 3 is 2.85 bits per heavy atom. The highest BCUT2D eigenvalue weighted by atomic mass is 32.2. The number of aryl methyl sites for hydroxylation is 1. The summed E-state index contributed by atoms with van der Waals surface area (Å²) in [7, 11) is 1.79. The number of hydrogen-bond acceptors (Lipinski definition) is 3. The molecule has 1 aliphatic heterocycles. The third-order valence-corrected chi connectivity index (χ3v) is 5.78. The Balaban J connectivity index is 1.67. The third-order valence-electron chi connectivity index (χ3n) is 4.48. The van der Waals surface area contributed by atoms with Crippen LogP contribution in [0.2, 0.25) is 0 Å². The lowest BCUT2D eigenvalue weighted by Gasteiger charge is -2.39. The fourth-order valence-corrected chi connectivity index (χ4v) is 4.31. The number of benzene rings is 1. The first-order valence-electron chi connectivity index (χ1n) is 8.78. The van der Waals surface area contributed by atoms with Gasteiger partial charge in [-0.25, -0.2) is 9.37 Å². The van der Waals surface area contributed by atoms with Crippen LogP contribution in [-0.4, -0.2) is 51.0 Å². The molecule has 3 rings (SSSR count). The molecule has 1 fully saturated rings. The summed E-state index contributed by atoms with van der Waals surface area (Å²) in [6, 6.07) is 5.31. The number of nitrogens with zero attached hydrogens (tertiary/aromatic N) is 4. The second kappa shape index (κ2) is 7.70. The van der Waals surface area contributed by atoms with Crippen LogP contribution in [-0.2, 0) is 6.54 Å². The lowest BCUT2D eigenvalue weighted by atomic mass is 10.2. The quantitative estimate of drug-likeness (QED) is 0.661. The van der Waals surface area contributed by atoms with Crippen molar-refractivity contribution < 1.29 is 4.39 Å². The summed E-state index contributed by atoms with van der Waals surface area (Å²) in [5.41, 5.74) is 1.40. The van der Waals surface area contributed by atoms with Crippen molar-refractivity contribution in [3.05, 3.63) is 47.8 Å². The van der Waals surface area contributed by atoms with Crippen LogP contribution in [0, 0.1) is 12.7 Å². The molecule has 2 heterocycles. The van der Waals surface area contributed by atoms with Gasteiger partial charge in [-0.1, -0.05) is 6.07 Å². The Morgan fingerprint density at radius 2 is 2.23 bits per heavy atom. The van der Waals surface area contributed by atoms with Crippen LogP contribution < -0.4 is 5.32 Å². The highest BCUT2D eigenvalue weighted by Crippen LogP contribution is 2.29. The summed E-state index contributed by atoms with van der Waals surface area (Å²) in [6.45, 7) is 8.83. The van der Waals surface area contributed by atoms with Gasteiger partial charge in [0.05, 0.1) is 5.69 Å². The smallest absolute Gasteiger partial charge is 0.193 e. The van der Waals surface area contributed by atoms with Crippen LogP contribution in [0.5, 0.6) is 0 Å². The molecule has 0 aliphatic carbocycles. The van der Waals surface area contributed by atoms with Crippen LogP contribution in [0.25, 0.3) is 5.69 Å². The average Bonchev–Trinajstić information content (AvgIpc) is 3.00. The lowest BCUT2D eigenvalue weighted by Crippen LogP contribution is -2.50. The maximum absolute atomic E-state index is 14.5. The number of rotatable bonds is 3. The monoisotopic (exact) mass is 375 g/mol. The number of aliphatic imine (C=N–C) groups is 1. The van der Waals surface area contributed by atoms with E-state index in [0.29, 0.717) is 12.2 Å². The number of hydrogen-bond donors (Lipinski definition) is 1. The van der Waals surface area contributed by atoms with Crippen molar-refractivity contribution in [1.29, 1.82) is 0 Å². The van der Waals surface area contributed by atoms with Crippen molar-refractivity contribution in [2.75, 3.05) is 25.9 Å². The number of thioether (sulfide) groups is 1. The fraction of sp³-hybridized carbons (Fsp3) is 0.474. The van der Waals surface area contributed by atoms with E-state index in [1.54, 1.807) is 36.1 Å². The number of nitrogens with one attached hydrogen (secondary N) is 1. The Kier molecular flexibility index (Phi) is 5.55. The maximum atomic E-state index is 14.5. The van der Waals surface area contributed by atoms with Crippen LogP contribution in [0.3, 0.4) is 0 Å². The van der Waals surface area contributed by atoms with Crippen molar-refractivity contribution in [2.45, 2.75) is 32.1 Å². The minimum Gasteiger partial charge on any atom is -0.352 e. The Hall–Kier alpha value is -2.02. The van der Waals surface area contributed by atoms with E-state index in [4.69, 9.17) is 0 Å². The van der Waals surface area contributed by atoms with Crippen molar-refractivity contribution in [1.82, 2.24) is 19.8 Å². The van der Waals surface area contributed by atoms with Crippen LogP contribution >= 0.6 is 11.8 Å². The molecular formula is C19H26FN5S. The van der Waals surface area contributed by atoms with Gasteiger partial charge >= 0.3 is 0 Å². The molecule has 0 bridgehead atoms. The van der Waals surface area contributed by atoms with E-state index in [2.05, 4.69) is 34.0 Å². The maximum Gasteiger partial charge on any atom is 0.193 e. The number of imidazole rings is 1. The predicted molar refractivity (Wildman–Crippen MR) is 107 cm³/mol. The zero-order valence-corrected chi connectivity index (χ0v) is 16.6. The second-order valence-corrected chi connectivity index (χ2v) is 8.86. The first kappa shape index (κ1) is 18.8. The van der Waals surface area contributed by atoms with Gasteiger partial charge in [-0.2, -0.15) is 11.8 Å². The minimum atomic E-state index is -0.254. The third kappa shape index (κ3) is 4.20. The molecule has 0 unspecified atom stereocenters. The Morgan fingerprint density at radius 1 is 1.42 bits per heavy atom. The van der Waals surface area contributed by atoms with Gasteiger partial charge in [-0.3, -0.25) is 4.99 Å². The molecule has 26 heavy (non-hydrogen) atoms. The lowest BCUT2D eigenvalue weighted by molar-refractivity contribution is 0.375. The highest BCUT2D eigenvalue weighted by Gasteiger charge is 2.28. The molecule has 0 amide bonds. The molecule has 1 saturated heterocycles. The van der Waals surface area contributed by atoms with Gasteiger partial charge in [0.15, 0.2) is 5.96 Å². The van der Waals surface area contributed by atoms with Gasteiger partial charge in [0, 0.05) is 49.6 Å². The summed E-state index contributed by atoms with van der Waals surface area (Å²) in [4.78, 5) is 10.8. The van der Waals surface area contributed by atoms with Crippen molar-refractivity contribution >= 4 is 17.7 Å². The van der Waals surface area contributed by atoms with Gasteiger partial charge in [0.2, 0.25) is 0 Å². The predicted octanol–water partition coefficient (Wildman–Crippen LogP) is 3.22. The van der Waals surface area contributed by atoms with E-state index >= 15 is 0 Å². The zero-order valence-electron chi connectivity index (χ0n) is 15.8. The molecule has 1 N–H and O–H groups in total. The van der Waals surface area contributed by atoms with Crippen molar-refractivity contribution in [2.24, 2.45) is 4.99 Å². The molecule has 0 spiro atoms. The summed E-state index contributed by atoms with van der Waals surface area (Å²) in [5, 5.41) is 3.37. The molecule has 0 radical (unpaired) electrons. The first-order valence-corrected chi connectivity index (χ1v) is 9.76. The van der Waals surface area contributed by atoms with Crippen LogP contribution in [0.1, 0.15) is 25.2 Å². The molecule has 1 aromatic heterocycles. The summed E-state index contributed by atoms with van der Waals surface area (Å²) in [5.74, 6) is 2.46. The first-order chi connectivity index (χ1) is 12.4. The number of guanidine groups is 1. The van der Waals surface area contributed by atoms with E-state index in [1.807, 2.05) is 24.8 Å². The molecule has 140 valence electrons. The number of aromatic nitrogens is 2. The van der Waals surface area contributed by atoms with E-state index in [9.17, 15) is 4.39 Å². The van der Waals surface area contributed by atoms with E-state index in [1.165, 1.54) is 0 Å².